The lowest BCUT2D eigenvalue weighted by molar-refractivity contribution is -0.160. The Morgan fingerprint density at radius 2 is 2.00 bits per heavy atom. The Hall–Kier alpha value is -1.84. The predicted octanol–water partition coefficient (Wildman–Crippen LogP) is 2.56. The number of carboxylic acid groups (broad SMARTS) is 1. The lowest BCUT2D eigenvalue weighted by Crippen LogP contribution is -2.54. The smallest absolute Gasteiger partial charge is 0.334 e. The van der Waals surface area contributed by atoms with Crippen LogP contribution >= 0.6 is 0 Å². The lowest BCUT2D eigenvalue weighted by atomic mass is 9.82. The summed E-state index contributed by atoms with van der Waals surface area (Å²) in [6, 6.07) is 7.63. The van der Waals surface area contributed by atoms with Gasteiger partial charge in [-0.3, -0.25) is 4.79 Å². The number of hydrogen-bond donors (Lipinski definition) is 1. The van der Waals surface area contributed by atoms with Gasteiger partial charge in [-0.1, -0.05) is 24.3 Å². The van der Waals surface area contributed by atoms with Crippen molar-refractivity contribution < 1.29 is 14.7 Å². The van der Waals surface area contributed by atoms with Gasteiger partial charge in [-0.15, -0.1) is 0 Å². The molecule has 0 spiro atoms. The summed E-state index contributed by atoms with van der Waals surface area (Å²) in [7, 11) is 0. The lowest BCUT2D eigenvalue weighted by Gasteiger charge is -2.40. The van der Waals surface area contributed by atoms with Gasteiger partial charge in [-0.05, 0) is 43.7 Å². The second kappa shape index (κ2) is 5.65. The summed E-state index contributed by atoms with van der Waals surface area (Å²) in [5, 5.41) is 9.92. The molecule has 0 aromatic heterocycles. The molecule has 1 aromatic carbocycles. The molecule has 108 valence electrons. The Bertz CT molecular complexity index is 526. The third kappa shape index (κ3) is 2.19. The molecule has 0 aliphatic heterocycles. The van der Waals surface area contributed by atoms with Crippen molar-refractivity contribution in [3.05, 3.63) is 35.4 Å². The molecule has 2 rings (SSSR count). The van der Waals surface area contributed by atoms with E-state index in [9.17, 15) is 14.7 Å². The summed E-state index contributed by atoms with van der Waals surface area (Å²) in [5.41, 5.74) is 0.613. The minimum Gasteiger partial charge on any atom is -0.479 e. The van der Waals surface area contributed by atoms with Crippen LogP contribution in [0.15, 0.2) is 24.3 Å². The van der Waals surface area contributed by atoms with Crippen molar-refractivity contribution in [1.29, 1.82) is 0 Å². The Morgan fingerprint density at radius 1 is 1.30 bits per heavy atom. The number of carboxylic acids is 1. The number of aryl methyl sites for hydroxylation is 1. The van der Waals surface area contributed by atoms with Gasteiger partial charge >= 0.3 is 5.97 Å². The van der Waals surface area contributed by atoms with Gasteiger partial charge in [-0.25, -0.2) is 4.79 Å². The quantitative estimate of drug-likeness (QED) is 0.862. The molecule has 1 unspecified atom stereocenters. The van der Waals surface area contributed by atoms with Crippen LogP contribution < -0.4 is 0 Å². The number of fused-ring (bicyclic) bond motifs is 1. The SMILES string of the molecule is CCN(C(C)=O)C1(C(=O)O)CCCCc2ccccc21. The van der Waals surface area contributed by atoms with Crippen LogP contribution in [-0.4, -0.2) is 28.4 Å². The van der Waals surface area contributed by atoms with Gasteiger partial charge in [0.25, 0.3) is 0 Å². The molecular weight excluding hydrogens is 254 g/mol. The molecule has 4 nitrogen and oxygen atoms in total. The molecule has 0 heterocycles. The summed E-state index contributed by atoms with van der Waals surface area (Å²) in [5.74, 6) is -1.12. The number of carbonyl (C=O) groups excluding carboxylic acids is 1. The second-order valence-electron chi connectivity index (χ2n) is 5.29. The van der Waals surface area contributed by atoms with Gasteiger partial charge in [0.2, 0.25) is 5.91 Å². The summed E-state index contributed by atoms with van der Waals surface area (Å²) >= 11 is 0. The average molecular weight is 275 g/mol. The maximum atomic E-state index is 12.1. The van der Waals surface area contributed by atoms with Crippen molar-refractivity contribution in [1.82, 2.24) is 4.90 Å². The molecular formula is C16H21NO3. The average Bonchev–Trinajstić information content (AvgIpc) is 2.60. The maximum absolute atomic E-state index is 12.1. The summed E-state index contributed by atoms with van der Waals surface area (Å²) < 4.78 is 0. The zero-order valence-corrected chi connectivity index (χ0v) is 12.1. The van der Waals surface area contributed by atoms with E-state index in [0.717, 1.165) is 30.4 Å². The number of hydrogen-bond acceptors (Lipinski definition) is 2. The largest absolute Gasteiger partial charge is 0.479 e. The second-order valence-corrected chi connectivity index (χ2v) is 5.29. The van der Waals surface area contributed by atoms with Crippen molar-refractivity contribution in [2.75, 3.05) is 6.54 Å². The summed E-state index contributed by atoms with van der Waals surface area (Å²) in [6.07, 6.45) is 3.12. The minimum absolute atomic E-state index is 0.188. The van der Waals surface area contributed by atoms with Gasteiger partial charge in [0.1, 0.15) is 0 Å². The number of benzene rings is 1. The third-order valence-electron chi connectivity index (χ3n) is 4.21. The van der Waals surface area contributed by atoms with E-state index < -0.39 is 11.5 Å². The van der Waals surface area contributed by atoms with E-state index in [1.54, 1.807) is 0 Å². The first-order valence-electron chi connectivity index (χ1n) is 7.14. The number of carbonyl (C=O) groups is 2. The van der Waals surface area contributed by atoms with Crippen LogP contribution in [0.2, 0.25) is 0 Å². The standard InChI is InChI=1S/C16H21NO3/c1-3-17(12(2)18)16(15(19)20)11-7-6-9-13-8-4-5-10-14(13)16/h4-5,8,10H,3,6-7,9,11H2,1-2H3,(H,19,20). The Labute approximate surface area is 119 Å². The normalized spacial score (nSPS) is 21.7. The number of aliphatic carboxylic acids is 1. The van der Waals surface area contributed by atoms with Gasteiger partial charge in [0, 0.05) is 13.5 Å². The van der Waals surface area contributed by atoms with Crippen LogP contribution in [-0.2, 0) is 21.5 Å². The molecule has 0 radical (unpaired) electrons. The molecule has 4 heteroatoms. The van der Waals surface area contributed by atoms with E-state index in [1.165, 1.54) is 11.8 Å². The molecule has 1 amide bonds. The van der Waals surface area contributed by atoms with Crippen LogP contribution in [0.4, 0.5) is 0 Å². The zero-order chi connectivity index (χ0) is 14.8. The fourth-order valence-corrected chi connectivity index (χ4v) is 3.35. The highest BCUT2D eigenvalue weighted by Crippen LogP contribution is 2.39. The number of rotatable bonds is 3. The van der Waals surface area contributed by atoms with Crippen molar-refractivity contribution in [3.8, 4) is 0 Å². The van der Waals surface area contributed by atoms with Crippen molar-refractivity contribution in [2.24, 2.45) is 0 Å². The van der Waals surface area contributed by atoms with E-state index >= 15 is 0 Å². The Balaban J connectivity index is 2.68. The first-order chi connectivity index (χ1) is 9.54. The van der Waals surface area contributed by atoms with E-state index in [4.69, 9.17) is 0 Å². The highest BCUT2D eigenvalue weighted by atomic mass is 16.4. The first-order valence-corrected chi connectivity index (χ1v) is 7.14. The fourth-order valence-electron chi connectivity index (χ4n) is 3.35. The van der Waals surface area contributed by atoms with E-state index in [2.05, 4.69) is 0 Å². The fraction of sp³-hybridized carbons (Fsp3) is 0.500. The number of likely N-dealkylation sites (N-methyl/N-ethyl adjacent to an activating group) is 1. The molecule has 1 aliphatic carbocycles. The molecule has 0 saturated heterocycles. The molecule has 0 saturated carbocycles. The van der Waals surface area contributed by atoms with Gasteiger partial charge < -0.3 is 10.0 Å². The monoisotopic (exact) mass is 275 g/mol. The topological polar surface area (TPSA) is 57.6 Å². The van der Waals surface area contributed by atoms with Crippen LogP contribution in [0.5, 0.6) is 0 Å². The van der Waals surface area contributed by atoms with Gasteiger partial charge in [0.15, 0.2) is 5.54 Å². The molecule has 1 N–H and O–H groups in total. The van der Waals surface area contributed by atoms with Gasteiger partial charge in [-0.2, -0.15) is 0 Å². The maximum Gasteiger partial charge on any atom is 0.334 e. The third-order valence-corrected chi connectivity index (χ3v) is 4.21. The van der Waals surface area contributed by atoms with Crippen LogP contribution in [0.25, 0.3) is 0 Å². The summed E-state index contributed by atoms with van der Waals surface area (Å²) in [6.45, 7) is 3.68. The van der Waals surface area contributed by atoms with Gasteiger partial charge in [0.05, 0.1) is 0 Å². The van der Waals surface area contributed by atoms with Crippen LogP contribution in [0.1, 0.15) is 44.2 Å². The predicted molar refractivity (Wildman–Crippen MR) is 76.4 cm³/mol. The number of amides is 1. The van der Waals surface area contributed by atoms with Crippen molar-refractivity contribution >= 4 is 11.9 Å². The molecule has 1 atom stereocenters. The molecule has 1 aliphatic rings. The molecule has 0 fully saturated rings. The minimum atomic E-state index is -1.21. The molecule has 0 bridgehead atoms. The Kier molecular flexibility index (Phi) is 4.12. The summed E-state index contributed by atoms with van der Waals surface area (Å²) in [4.78, 5) is 25.6. The van der Waals surface area contributed by atoms with Crippen molar-refractivity contribution in [3.63, 3.8) is 0 Å². The highest BCUT2D eigenvalue weighted by molar-refractivity contribution is 5.88. The van der Waals surface area contributed by atoms with Crippen LogP contribution in [0.3, 0.4) is 0 Å². The van der Waals surface area contributed by atoms with E-state index in [0.29, 0.717) is 13.0 Å². The molecule has 20 heavy (non-hydrogen) atoms. The van der Waals surface area contributed by atoms with Crippen LogP contribution in [0, 0.1) is 0 Å². The van der Waals surface area contributed by atoms with E-state index in [1.807, 2.05) is 31.2 Å². The van der Waals surface area contributed by atoms with Crippen molar-refractivity contribution in [2.45, 2.75) is 45.1 Å². The molecule has 1 aromatic rings. The zero-order valence-electron chi connectivity index (χ0n) is 12.1. The highest BCUT2D eigenvalue weighted by Gasteiger charge is 2.48. The first kappa shape index (κ1) is 14.6. The number of nitrogens with zero attached hydrogens (tertiary/aromatic N) is 1. The Morgan fingerprint density at radius 3 is 2.60 bits per heavy atom. The van der Waals surface area contributed by atoms with E-state index in [-0.39, 0.29) is 5.91 Å².